The van der Waals surface area contributed by atoms with E-state index in [2.05, 4.69) is 10.1 Å². The van der Waals surface area contributed by atoms with Crippen LogP contribution in [-0.2, 0) is 16.1 Å². The second-order valence-corrected chi connectivity index (χ2v) is 5.84. The maximum atomic E-state index is 12.6. The van der Waals surface area contributed by atoms with Crippen LogP contribution >= 0.6 is 0 Å². The summed E-state index contributed by atoms with van der Waals surface area (Å²) in [4.78, 5) is 18.4. The second kappa shape index (κ2) is 6.83. The Labute approximate surface area is 142 Å². The first-order valence-electron chi connectivity index (χ1n) is 7.76. The van der Waals surface area contributed by atoms with E-state index in [4.69, 9.17) is 4.84 Å². The minimum absolute atomic E-state index is 0.192. The molecule has 1 aromatic rings. The summed E-state index contributed by atoms with van der Waals surface area (Å²) in [7, 11) is 1.41. The molecule has 1 aliphatic carbocycles. The molecular formula is C16H18F3N3O3. The average molecular weight is 357 g/mol. The largest absolute Gasteiger partial charge is 0.466 e. The fourth-order valence-electron chi connectivity index (χ4n) is 2.31. The predicted molar refractivity (Wildman–Crippen MR) is 83.1 cm³/mol. The van der Waals surface area contributed by atoms with E-state index in [-0.39, 0.29) is 25.3 Å². The van der Waals surface area contributed by atoms with Crippen molar-refractivity contribution in [2.24, 2.45) is 0 Å². The van der Waals surface area contributed by atoms with Gasteiger partial charge >= 0.3 is 12.2 Å². The first kappa shape index (κ1) is 17.4. The zero-order chi connectivity index (χ0) is 18.0. The molecule has 2 aliphatic rings. The number of benzene rings is 1. The van der Waals surface area contributed by atoms with Gasteiger partial charge in [0.25, 0.3) is 0 Å². The van der Waals surface area contributed by atoms with Gasteiger partial charge in [-0.2, -0.15) is 18.2 Å². The molecule has 3 rings (SSSR count). The van der Waals surface area contributed by atoms with Gasteiger partial charge in [0.15, 0.2) is 6.73 Å². The summed E-state index contributed by atoms with van der Waals surface area (Å²) >= 11 is 0. The lowest BCUT2D eigenvalue weighted by atomic mass is 10.2. The number of carbonyl (C=O) groups excluding carboxylic acids is 1. The highest BCUT2D eigenvalue weighted by molar-refractivity contribution is 5.73. The Kier molecular flexibility index (Phi) is 4.76. The monoisotopic (exact) mass is 357 g/mol. The van der Waals surface area contributed by atoms with Crippen LogP contribution in [0.2, 0.25) is 0 Å². The molecule has 2 amide bonds. The number of hydrogen-bond acceptors (Lipinski definition) is 4. The van der Waals surface area contributed by atoms with E-state index in [0.717, 1.165) is 24.6 Å². The van der Waals surface area contributed by atoms with Crippen molar-refractivity contribution in [2.75, 3.05) is 18.7 Å². The van der Waals surface area contributed by atoms with Crippen LogP contribution in [0.15, 0.2) is 36.2 Å². The number of amides is 2. The Morgan fingerprint density at radius 1 is 1.36 bits per heavy atom. The van der Waals surface area contributed by atoms with E-state index < -0.39 is 11.9 Å². The van der Waals surface area contributed by atoms with Crippen LogP contribution in [-0.4, -0.2) is 37.2 Å². The van der Waals surface area contributed by atoms with Crippen molar-refractivity contribution in [2.45, 2.75) is 31.6 Å². The third-order valence-corrected chi connectivity index (χ3v) is 3.86. The summed E-state index contributed by atoms with van der Waals surface area (Å²) in [6, 6.07) is 6.70. The molecule has 1 saturated carbocycles. The number of allylic oxidation sites excluding steroid dienone is 1. The normalized spacial score (nSPS) is 17.1. The minimum Gasteiger partial charge on any atom is -0.466 e. The van der Waals surface area contributed by atoms with E-state index in [0.29, 0.717) is 5.69 Å². The number of hydroxylamine groups is 2. The lowest BCUT2D eigenvalue weighted by Crippen LogP contribution is -2.39. The van der Waals surface area contributed by atoms with Gasteiger partial charge in [-0.3, -0.25) is 4.84 Å². The van der Waals surface area contributed by atoms with Gasteiger partial charge in [-0.25, -0.2) is 4.79 Å². The van der Waals surface area contributed by atoms with Crippen molar-refractivity contribution in [1.29, 1.82) is 0 Å². The number of hydrogen-bond donors (Lipinski definition) is 1. The fraction of sp³-hybridized carbons (Fsp3) is 0.438. The SMILES string of the molecule is CON(Cc1ccc(N2C=C(C(F)(F)F)OC2)cc1)C(=O)NC1CC1. The lowest BCUT2D eigenvalue weighted by Gasteiger charge is -2.20. The van der Waals surface area contributed by atoms with E-state index in [1.807, 2.05) is 0 Å². The Hall–Kier alpha value is -2.42. The molecule has 1 heterocycles. The first-order chi connectivity index (χ1) is 11.9. The highest BCUT2D eigenvalue weighted by Crippen LogP contribution is 2.32. The molecule has 0 spiro atoms. The first-order valence-corrected chi connectivity index (χ1v) is 7.76. The molecule has 1 N–H and O–H groups in total. The molecule has 6 nitrogen and oxygen atoms in total. The summed E-state index contributed by atoms with van der Waals surface area (Å²) < 4.78 is 42.4. The number of urea groups is 1. The molecule has 1 aromatic carbocycles. The molecule has 9 heteroatoms. The van der Waals surface area contributed by atoms with Gasteiger partial charge in [0.2, 0.25) is 5.76 Å². The molecule has 0 aromatic heterocycles. The third-order valence-electron chi connectivity index (χ3n) is 3.86. The second-order valence-electron chi connectivity index (χ2n) is 5.84. The number of halogens is 3. The topological polar surface area (TPSA) is 54.0 Å². The summed E-state index contributed by atoms with van der Waals surface area (Å²) in [5, 5.41) is 4.03. The molecule has 25 heavy (non-hydrogen) atoms. The van der Waals surface area contributed by atoms with Crippen molar-refractivity contribution >= 4 is 11.7 Å². The van der Waals surface area contributed by atoms with Crippen molar-refractivity contribution in [3.8, 4) is 0 Å². The Bertz CT molecular complexity index is 657. The smallest absolute Gasteiger partial charge is 0.450 e. The Morgan fingerprint density at radius 2 is 2.04 bits per heavy atom. The van der Waals surface area contributed by atoms with Crippen molar-refractivity contribution in [3.05, 3.63) is 41.8 Å². The van der Waals surface area contributed by atoms with Crippen LogP contribution in [0.1, 0.15) is 18.4 Å². The lowest BCUT2D eigenvalue weighted by molar-refractivity contribution is -0.126. The van der Waals surface area contributed by atoms with Gasteiger partial charge < -0.3 is 15.0 Å². The van der Waals surface area contributed by atoms with Crippen LogP contribution in [0.4, 0.5) is 23.7 Å². The highest BCUT2D eigenvalue weighted by atomic mass is 19.4. The van der Waals surface area contributed by atoms with Crippen LogP contribution in [0, 0.1) is 0 Å². The van der Waals surface area contributed by atoms with Crippen LogP contribution in [0.25, 0.3) is 0 Å². The van der Waals surface area contributed by atoms with E-state index in [1.54, 1.807) is 24.3 Å². The maximum absolute atomic E-state index is 12.6. The van der Waals surface area contributed by atoms with E-state index in [9.17, 15) is 18.0 Å². The molecule has 0 unspecified atom stereocenters. The fourth-order valence-corrected chi connectivity index (χ4v) is 2.31. The van der Waals surface area contributed by atoms with Gasteiger partial charge in [0, 0.05) is 11.7 Å². The number of anilines is 1. The Morgan fingerprint density at radius 3 is 2.56 bits per heavy atom. The number of carbonyl (C=O) groups is 1. The zero-order valence-corrected chi connectivity index (χ0v) is 13.5. The van der Waals surface area contributed by atoms with Gasteiger partial charge in [-0.15, -0.1) is 0 Å². The van der Waals surface area contributed by atoms with Crippen molar-refractivity contribution in [1.82, 2.24) is 10.4 Å². The van der Waals surface area contributed by atoms with Crippen LogP contribution in [0.5, 0.6) is 0 Å². The maximum Gasteiger partial charge on any atom is 0.450 e. The van der Waals surface area contributed by atoms with Gasteiger partial charge in [-0.05, 0) is 30.5 Å². The number of alkyl halides is 3. The number of ether oxygens (including phenoxy) is 1. The van der Waals surface area contributed by atoms with Crippen molar-refractivity contribution < 1.29 is 27.5 Å². The molecule has 0 radical (unpaired) electrons. The summed E-state index contributed by atoms with van der Waals surface area (Å²) in [5.74, 6) is -1.01. The zero-order valence-electron chi connectivity index (χ0n) is 13.5. The summed E-state index contributed by atoms with van der Waals surface area (Å²) in [6.45, 7) is 0.0393. The highest BCUT2D eigenvalue weighted by Gasteiger charge is 2.39. The van der Waals surface area contributed by atoms with E-state index in [1.165, 1.54) is 17.1 Å². The Balaban J connectivity index is 1.62. The molecule has 0 saturated heterocycles. The van der Waals surface area contributed by atoms with Crippen LogP contribution < -0.4 is 10.2 Å². The van der Waals surface area contributed by atoms with Gasteiger partial charge in [0.05, 0.1) is 19.9 Å². The molecule has 0 bridgehead atoms. The predicted octanol–water partition coefficient (Wildman–Crippen LogP) is 3.12. The number of nitrogens with one attached hydrogen (secondary N) is 1. The van der Waals surface area contributed by atoms with Crippen molar-refractivity contribution in [3.63, 3.8) is 0 Å². The minimum atomic E-state index is -4.50. The standard InChI is InChI=1S/C16H18F3N3O3/c1-24-22(15(23)20-12-4-5-12)8-11-2-6-13(7-3-11)21-9-14(25-10-21)16(17,18)19/h2-3,6-7,9,12H,4-5,8,10H2,1H3,(H,20,23). The average Bonchev–Trinajstić information content (AvgIpc) is 3.23. The van der Waals surface area contributed by atoms with Gasteiger partial charge in [-0.1, -0.05) is 12.1 Å². The number of nitrogens with zero attached hydrogens (tertiary/aromatic N) is 2. The van der Waals surface area contributed by atoms with Gasteiger partial charge in [0.1, 0.15) is 0 Å². The molecule has 136 valence electrons. The molecule has 0 atom stereocenters. The quantitative estimate of drug-likeness (QED) is 0.823. The summed E-state index contributed by atoms with van der Waals surface area (Å²) in [5.41, 5.74) is 1.35. The molecule has 1 aliphatic heterocycles. The molecular weight excluding hydrogens is 339 g/mol. The third kappa shape index (κ3) is 4.36. The molecule has 1 fully saturated rings. The summed E-state index contributed by atoms with van der Waals surface area (Å²) in [6.07, 6.45) is -1.62. The van der Waals surface area contributed by atoms with E-state index >= 15 is 0 Å². The van der Waals surface area contributed by atoms with Crippen LogP contribution in [0.3, 0.4) is 0 Å². The number of rotatable bonds is 5.